The van der Waals surface area contributed by atoms with Gasteiger partial charge in [-0.15, -0.1) is 0 Å². The molecule has 0 aromatic rings. The minimum Gasteiger partial charge on any atom is -0.309 e. The average molecular weight is 229 g/mol. The minimum atomic E-state index is -5.22. The van der Waals surface area contributed by atoms with Gasteiger partial charge in [-0.2, -0.15) is 26.3 Å². The summed E-state index contributed by atoms with van der Waals surface area (Å²) in [6.07, 6.45) is -10.4. The molecule has 0 unspecified atom stereocenters. The van der Waals surface area contributed by atoms with Gasteiger partial charge in [0.15, 0.2) is 11.4 Å². The summed E-state index contributed by atoms with van der Waals surface area (Å²) in [5.74, 6) is -2.27. The second-order valence-corrected chi connectivity index (χ2v) is 2.40. The van der Waals surface area contributed by atoms with Crippen LogP contribution in [0.15, 0.2) is 9.81 Å². The highest BCUT2D eigenvalue weighted by Gasteiger charge is 2.50. The summed E-state index contributed by atoms with van der Waals surface area (Å²) in [5.41, 5.74) is -4.24. The summed E-state index contributed by atoms with van der Waals surface area (Å²) >= 11 is 0. The highest BCUT2D eigenvalue weighted by atomic mass is 19.4. The Hall–Kier alpha value is -1.35. The van der Waals surface area contributed by atoms with Crippen LogP contribution in [0, 0.1) is 0 Å². The van der Waals surface area contributed by atoms with E-state index in [0.717, 1.165) is 0 Å². The predicted molar refractivity (Wildman–Crippen MR) is 37.7 cm³/mol. The molecule has 0 aromatic heterocycles. The molecule has 1 radical (unpaired) electrons. The topological polar surface area (TPSA) is 41.8 Å². The van der Waals surface area contributed by atoms with Crippen LogP contribution in [0.3, 0.4) is 0 Å². The molecule has 0 amide bonds. The molecule has 0 saturated carbocycles. The van der Waals surface area contributed by atoms with Gasteiger partial charge in [-0.3, -0.25) is 4.79 Å². The Morgan fingerprint density at radius 1 is 0.867 bits per heavy atom. The van der Waals surface area contributed by atoms with Gasteiger partial charge in [-0.1, -0.05) is 0 Å². The first-order valence-electron chi connectivity index (χ1n) is 3.30. The van der Waals surface area contributed by atoms with E-state index >= 15 is 0 Å². The first-order chi connectivity index (χ1) is 6.64. The third-order valence-corrected chi connectivity index (χ3v) is 1.34. The fraction of sp³-hybridized carbons (Fsp3) is 0.400. The van der Waals surface area contributed by atoms with E-state index in [1.165, 1.54) is 0 Å². The number of nitrogens with zero attached hydrogens (tertiary/aromatic N) is 2. The van der Waals surface area contributed by atoms with Gasteiger partial charge in [0.05, 0.1) is 0 Å². The Morgan fingerprint density at radius 3 is 1.47 bits per heavy atom. The molecule has 0 aromatic carbocycles. The Kier molecular flexibility index (Phi) is 2.62. The standard InChI is InChI=1S/C5BF6N2O/c7-4(8,9)2-1(15)3(5(10,11)12)14-6-13-2. The van der Waals surface area contributed by atoms with Gasteiger partial charge in [-0.25, -0.2) is 0 Å². The summed E-state index contributed by atoms with van der Waals surface area (Å²) in [5, 5.41) is 0. The SMILES string of the molecule is O=C1C(C(F)(F)F)=N[B]N=C1C(F)(F)F. The highest BCUT2D eigenvalue weighted by molar-refractivity contribution is 6.73. The van der Waals surface area contributed by atoms with Crippen LogP contribution < -0.4 is 0 Å². The van der Waals surface area contributed by atoms with Crippen LogP contribution in [0.1, 0.15) is 0 Å². The maximum atomic E-state index is 12.0. The molecule has 0 bridgehead atoms. The van der Waals surface area contributed by atoms with Gasteiger partial charge in [0, 0.05) is 0 Å². The monoisotopic (exact) mass is 229 g/mol. The minimum absolute atomic E-state index is 0.0487. The van der Waals surface area contributed by atoms with E-state index in [2.05, 4.69) is 9.81 Å². The van der Waals surface area contributed by atoms with Crippen molar-refractivity contribution in [3.05, 3.63) is 0 Å². The zero-order valence-electron chi connectivity index (χ0n) is 6.65. The molecule has 1 aliphatic heterocycles. The second-order valence-electron chi connectivity index (χ2n) is 2.40. The van der Waals surface area contributed by atoms with Gasteiger partial charge in [-0.05, 0) is 0 Å². The number of hydrogen-bond donors (Lipinski definition) is 0. The van der Waals surface area contributed by atoms with Crippen molar-refractivity contribution in [2.45, 2.75) is 12.4 Å². The number of alkyl halides is 6. The highest BCUT2D eigenvalue weighted by Crippen LogP contribution is 2.25. The fourth-order valence-corrected chi connectivity index (χ4v) is 0.778. The van der Waals surface area contributed by atoms with Crippen LogP contribution in [0.4, 0.5) is 26.3 Å². The number of ketones is 1. The molecular weight excluding hydrogens is 229 g/mol. The summed E-state index contributed by atoms with van der Waals surface area (Å²) in [7, 11) is 0.0487. The van der Waals surface area contributed by atoms with Crippen LogP contribution in [0.2, 0.25) is 0 Å². The van der Waals surface area contributed by atoms with Crippen molar-refractivity contribution in [2.24, 2.45) is 9.81 Å². The lowest BCUT2D eigenvalue weighted by Crippen LogP contribution is -2.44. The largest absolute Gasteiger partial charge is 0.435 e. The molecule has 0 fully saturated rings. The summed E-state index contributed by atoms with van der Waals surface area (Å²) in [6.45, 7) is 0. The summed E-state index contributed by atoms with van der Waals surface area (Å²) in [6, 6.07) is 0. The molecule has 0 saturated heterocycles. The fourth-order valence-electron chi connectivity index (χ4n) is 0.778. The van der Waals surface area contributed by atoms with Crippen molar-refractivity contribution >= 4 is 24.8 Å². The van der Waals surface area contributed by atoms with E-state index in [-0.39, 0.29) is 7.55 Å². The lowest BCUT2D eigenvalue weighted by atomic mass is 10.0. The Labute approximate surface area is 79.2 Å². The normalized spacial score (nSPS) is 18.1. The molecule has 0 atom stereocenters. The number of halogens is 6. The molecule has 0 N–H and O–H groups in total. The molecule has 0 spiro atoms. The van der Waals surface area contributed by atoms with Crippen LogP contribution in [-0.2, 0) is 4.79 Å². The predicted octanol–water partition coefficient (Wildman–Crippen LogP) is 1.11. The Morgan fingerprint density at radius 2 is 1.20 bits per heavy atom. The van der Waals surface area contributed by atoms with E-state index in [4.69, 9.17) is 0 Å². The lowest BCUT2D eigenvalue weighted by molar-refractivity contribution is -0.115. The summed E-state index contributed by atoms with van der Waals surface area (Å²) < 4.78 is 71.8. The van der Waals surface area contributed by atoms with Crippen LogP contribution in [-0.4, -0.2) is 37.1 Å². The van der Waals surface area contributed by atoms with Crippen molar-refractivity contribution in [3.8, 4) is 0 Å². The molecule has 1 rings (SSSR count). The first-order valence-corrected chi connectivity index (χ1v) is 3.30. The van der Waals surface area contributed by atoms with Crippen LogP contribution in [0.5, 0.6) is 0 Å². The van der Waals surface area contributed by atoms with Gasteiger partial charge in [0.2, 0.25) is 5.78 Å². The Bertz CT molecular complexity index is 322. The Balaban J connectivity index is 3.05. The van der Waals surface area contributed by atoms with Crippen molar-refractivity contribution < 1.29 is 31.1 Å². The van der Waals surface area contributed by atoms with Crippen molar-refractivity contribution in [1.82, 2.24) is 0 Å². The third-order valence-electron chi connectivity index (χ3n) is 1.34. The van der Waals surface area contributed by atoms with Crippen molar-refractivity contribution in [1.29, 1.82) is 0 Å². The van der Waals surface area contributed by atoms with Gasteiger partial charge >= 0.3 is 19.9 Å². The number of carbonyl (C=O) groups excluding carboxylic acids is 1. The number of rotatable bonds is 0. The van der Waals surface area contributed by atoms with E-state index < -0.39 is 29.6 Å². The van der Waals surface area contributed by atoms with Crippen molar-refractivity contribution in [3.63, 3.8) is 0 Å². The molecule has 3 nitrogen and oxygen atoms in total. The van der Waals surface area contributed by atoms with Crippen molar-refractivity contribution in [2.75, 3.05) is 0 Å². The summed E-state index contributed by atoms with van der Waals surface area (Å²) in [4.78, 5) is 15.6. The zero-order chi connectivity index (χ0) is 11.9. The van der Waals surface area contributed by atoms with Gasteiger partial charge in [0.1, 0.15) is 0 Å². The maximum absolute atomic E-state index is 12.0. The van der Waals surface area contributed by atoms with Crippen LogP contribution in [0.25, 0.3) is 0 Å². The molecule has 10 heteroatoms. The average Bonchev–Trinajstić information content (AvgIpc) is 1.99. The smallest absolute Gasteiger partial charge is 0.309 e. The zero-order valence-corrected chi connectivity index (χ0v) is 6.65. The third kappa shape index (κ3) is 2.36. The number of hydrogen-bond acceptors (Lipinski definition) is 3. The number of Topliss-reactive ketones (excluding diaryl/α,β-unsaturated/α-hetero) is 1. The molecule has 15 heavy (non-hydrogen) atoms. The van der Waals surface area contributed by atoms with E-state index in [9.17, 15) is 31.1 Å². The maximum Gasteiger partial charge on any atom is 0.435 e. The molecule has 1 aliphatic rings. The number of carbonyl (C=O) groups is 1. The van der Waals surface area contributed by atoms with E-state index in [0.29, 0.717) is 0 Å². The molecule has 1 heterocycles. The molecule has 0 aliphatic carbocycles. The second kappa shape index (κ2) is 3.35. The molecular formula is C5BF6N2O. The van der Waals surface area contributed by atoms with Gasteiger partial charge in [0.25, 0.3) is 0 Å². The van der Waals surface area contributed by atoms with E-state index in [1.54, 1.807) is 0 Å². The quantitative estimate of drug-likeness (QED) is 0.453. The van der Waals surface area contributed by atoms with Gasteiger partial charge < -0.3 is 9.81 Å². The first kappa shape index (κ1) is 11.7. The van der Waals surface area contributed by atoms with E-state index in [1.807, 2.05) is 0 Å². The molecule has 81 valence electrons. The van der Waals surface area contributed by atoms with Crippen LogP contribution >= 0.6 is 0 Å². The lowest BCUT2D eigenvalue weighted by Gasteiger charge is -2.15.